The van der Waals surface area contributed by atoms with Crippen LogP contribution in [0.1, 0.15) is 32.4 Å². The number of aliphatic hydroxyl groups excluding tert-OH is 2. The van der Waals surface area contributed by atoms with Gasteiger partial charge >= 0.3 is 6.08 Å². The molecule has 3 N–H and O–H groups in total. The summed E-state index contributed by atoms with van der Waals surface area (Å²) in [7, 11) is 0. The van der Waals surface area contributed by atoms with Crippen molar-refractivity contribution in [3.63, 3.8) is 0 Å². The van der Waals surface area contributed by atoms with Crippen molar-refractivity contribution in [2.24, 2.45) is 0 Å². The van der Waals surface area contributed by atoms with Gasteiger partial charge in [0.2, 0.25) is 0 Å². The molecule has 0 bridgehead atoms. The van der Waals surface area contributed by atoms with Crippen molar-refractivity contribution in [2.75, 3.05) is 0 Å². The third-order valence-electron chi connectivity index (χ3n) is 2.38. The molecule has 0 fully saturated rings. The molecule has 1 aromatic rings. The van der Waals surface area contributed by atoms with Crippen LogP contribution in [-0.4, -0.2) is 28.4 Å². The SMILES string of the molecule is CC(C)[NH+]=C(O)OC(C)C(O)c1ccccc1Cl. The minimum atomic E-state index is -0.908. The minimum Gasteiger partial charge on any atom is -0.430 e. The molecule has 0 saturated heterocycles. The van der Waals surface area contributed by atoms with Gasteiger partial charge in [0.05, 0.1) is 0 Å². The first-order chi connectivity index (χ1) is 8.41. The molecule has 2 atom stereocenters. The van der Waals surface area contributed by atoms with E-state index in [9.17, 15) is 10.2 Å². The molecule has 18 heavy (non-hydrogen) atoms. The van der Waals surface area contributed by atoms with Crippen LogP contribution in [0.4, 0.5) is 0 Å². The van der Waals surface area contributed by atoms with Crippen LogP contribution in [0, 0.1) is 0 Å². The van der Waals surface area contributed by atoms with Crippen molar-refractivity contribution in [3.8, 4) is 0 Å². The Morgan fingerprint density at radius 1 is 1.28 bits per heavy atom. The van der Waals surface area contributed by atoms with Crippen LogP contribution in [-0.2, 0) is 4.74 Å². The molecule has 0 amide bonds. The van der Waals surface area contributed by atoms with Gasteiger partial charge in [-0.25, -0.2) is 0 Å². The maximum Gasteiger partial charge on any atom is 0.545 e. The molecule has 0 aliphatic rings. The van der Waals surface area contributed by atoms with Gasteiger partial charge in [-0.05, 0) is 26.8 Å². The first-order valence-electron chi connectivity index (χ1n) is 5.83. The Morgan fingerprint density at radius 2 is 1.89 bits per heavy atom. The van der Waals surface area contributed by atoms with Crippen LogP contribution in [0.2, 0.25) is 5.02 Å². The summed E-state index contributed by atoms with van der Waals surface area (Å²) in [4.78, 5) is 2.70. The van der Waals surface area contributed by atoms with Gasteiger partial charge in [0.1, 0.15) is 12.2 Å². The molecular formula is C13H19ClNO3+. The Morgan fingerprint density at radius 3 is 2.44 bits per heavy atom. The van der Waals surface area contributed by atoms with Gasteiger partial charge in [-0.15, -0.1) is 0 Å². The Balaban J connectivity index is 2.73. The summed E-state index contributed by atoms with van der Waals surface area (Å²) in [5.74, 6) is 0. The van der Waals surface area contributed by atoms with Crippen molar-refractivity contribution in [1.82, 2.24) is 0 Å². The monoisotopic (exact) mass is 272 g/mol. The third-order valence-corrected chi connectivity index (χ3v) is 2.72. The quantitative estimate of drug-likeness (QED) is 0.570. The van der Waals surface area contributed by atoms with Gasteiger partial charge in [0, 0.05) is 10.6 Å². The molecule has 4 nitrogen and oxygen atoms in total. The zero-order chi connectivity index (χ0) is 13.7. The van der Waals surface area contributed by atoms with Gasteiger partial charge < -0.3 is 14.9 Å². The van der Waals surface area contributed by atoms with Gasteiger partial charge in [0.15, 0.2) is 6.04 Å². The lowest BCUT2D eigenvalue weighted by Crippen LogP contribution is -2.78. The summed E-state index contributed by atoms with van der Waals surface area (Å²) in [6.45, 7) is 5.40. The smallest absolute Gasteiger partial charge is 0.430 e. The van der Waals surface area contributed by atoms with Gasteiger partial charge in [-0.2, -0.15) is 4.99 Å². The van der Waals surface area contributed by atoms with Crippen molar-refractivity contribution >= 4 is 17.7 Å². The number of aliphatic hydroxyl groups is 2. The highest BCUT2D eigenvalue weighted by molar-refractivity contribution is 6.31. The molecule has 0 spiro atoms. The minimum absolute atomic E-state index is 0.0506. The van der Waals surface area contributed by atoms with E-state index in [1.165, 1.54) is 0 Å². The number of nitrogens with one attached hydrogen (secondary N) is 1. The average molecular weight is 273 g/mol. The van der Waals surface area contributed by atoms with Crippen LogP contribution in [0.3, 0.4) is 0 Å². The summed E-state index contributed by atoms with van der Waals surface area (Å²) >= 11 is 5.98. The fraction of sp³-hybridized carbons (Fsp3) is 0.462. The molecule has 0 heterocycles. The molecule has 2 unspecified atom stereocenters. The molecule has 100 valence electrons. The molecule has 0 radical (unpaired) electrons. The largest absolute Gasteiger partial charge is 0.545 e. The second-order valence-electron chi connectivity index (χ2n) is 4.39. The number of halogens is 1. The summed E-state index contributed by atoms with van der Waals surface area (Å²) in [6.07, 6.45) is -1.82. The third kappa shape index (κ3) is 4.20. The van der Waals surface area contributed by atoms with E-state index in [0.29, 0.717) is 10.6 Å². The Bertz CT molecular complexity index is 420. The molecule has 1 rings (SSSR count). The number of hydrogen-bond acceptors (Lipinski definition) is 2. The molecule has 0 aromatic heterocycles. The second-order valence-corrected chi connectivity index (χ2v) is 4.80. The highest BCUT2D eigenvalue weighted by Crippen LogP contribution is 2.25. The van der Waals surface area contributed by atoms with Crippen LogP contribution < -0.4 is 4.99 Å². The Kier molecular flexibility index (Phi) is 5.44. The van der Waals surface area contributed by atoms with E-state index in [4.69, 9.17) is 16.3 Å². The molecule has 0 aliphatic heterocycles. The maximum atomic E-state index is 10.1. The van der Waals surface area contributed by atoms with Crippen molar-refractivity contribution in [2.45, 2.75) is 39.0 Å². The van der Waals surface area contributed by atoms with Gasteiger partial charge in [-0.3, -0.25) is 0 Å². The van der Waals surface area contributed by atoms with Crippen LogP contribution in [0.15, 0.2) is 24.3 Å². The number of ether oxygens (including phenoxy) is 1. The summed E-state index contributed by atoms with van der Waals surface area (Å²) in [6, 6.07) is 7.04. The standard InChI is InChI=1S/C13H18ClNO3/c1-8(2)15-13(17)18-9(3)12(16)10-6-4-5-7-11(10)14/h4-9,12,16H,1-3H3,(H,15,17)/p+1. The number of hydrogen-bond donors (Lipinski definition) is 3. The van der Waals surface area contributed by atoms with Crippen molar-refractivity contribution in [3.05, 3.63) is 34.9 Å². The normalized spacial score (nSPS) is 15.6. The van der Waals surface area contributed by atoms with Crippen LogP contribution in [0.5, 0.6) is 0 Å². The zero-order valence-electron chi connectivity index (χ0n) is 10.7. The Hall–Kier alpha value is -1.26. The lowest BCUT2D eigenvalue weighted by Gasteiger charge is -2.18. The highest BCUT2D eigenvalue weighted by atomic mass is 35.5. The highest BCUT2D eigenvalue weighted by Gasteiger charge is 2.23. The predicted octanol–water partition coefficient (Wildman–Crippen LogP) is 1.18. The van der Waals surface area contributed by atoms with E-state index in [1.54, 1.807) is 31.2 Å². The molecule has 0 saturated carbocycles. The van der Waals surface area contributed by atoms with Gasteiger partial charge in [-0.1, -0.05) is 29.8 Å². The van der Waals surface area contributed by atoms with Gasteiger partial charge in [0.25, 0.3) is 0 Å². The molecule has 0 aliphatic carbocycles. The van der Waals surface area contributed by atoms with E-state index in [2.05, 4.69) is 4.99 Å². The summed E-state index contributed by atoms with van der Waals surface area (Å²) in [5.41, 5.74) is 0.573. The maximum absolute atomic E-state index is 10.1. The fourth-order valence-corrected chi connectivity index (χ4v) is 1.74. The first kappa shape index (κ1) is 14.8. The number of benzene rings is 1. The van der Waals surface area contributed by atoms with E-state index in [0.717, 1.165) is 0 Å². The second kappa shape index (κ2) is 6.61. The van der Waals surface area contributed by atoms with E-state index >= 15 is 0 Å². The van der Waals surface area contributed by atoms with Crippen LogP contribution in [0.25, 0.3) is 0 Å². The summed E-state index contributed by atoms with van der Waals surface area (Å²) in [5, 5.41) is 20.1. The van der Waals surface area contributed by atoms with E-state index in [1.807, 2.05) is 13.8 Å². The molecule has 1 aromatic carbocycles. The first-order valence-corrected chi connectivity index (χ1v) is 6.21. The molecular weight excluding hydrogens is 254 g/mol. The zero-order valence-corrected chi connectivity index (χ0v) is 11.5. The van der Waals surface area contributed by atoms with E-state index in [-0.39, 0.29) is 12.1 Å². The van der Waals surface area contributed by atoms with Crippen molar-refractivity contribution in [1.29, 1.82) is 0 Å². The lowest BCUT2D eigenvalue weighted by atomic mass is 10.1. The van der Waals surface area contributed by atoms with E-state index < -0.39 is 12.2 Å². The predicted molar refractivity (Wildman–Crippen MR) is 70.7 cm³/mol. The summed E-state index contributed by atoms with van der Waals surface area (Å²) < 4.78 is 5.18. The molecule has 5 heteroatoms. The lowest BCUT2D eigenvalue weighted by molar-refractivity contribution is -0.514. The van der Waals surface area contributed by atoms with Crippen LogP contribution >= 0.6 is 11.6 Å². The Labute approximate surface area is 112 Å². The topological polar surface area (TPSA) is 63.7 Å². The van der Waals surface area contributed by atoms with Crippen molar-refractivity contribution < 1.29 is 19.9 Å². The number of rotatable bonds is 4. The fourth-order valence-electron chi connectivity index (χ4n) is 1.49. The average Bonchev–Trinajstić information content (AvgIpc) is 2.27.